The van der Waals surface area contributed by atoms with Gasteiger partial charge in [0, 0.05) is 30.4 Å². The van der Waals surface area contributed by atoms with Crippen LogP contribution in [0.15, 0.2) is 42.7 Å². The monoisotopic (exact) mass is 254 g/mol. The maximum absolute atomic E-state index is 5.79. The second-order valence-corrected chi connectivity index (χ2v) is 4.84. The van der Waals surface area contributed by atoms with Crippen molar-refractivity contribution in [3.63, 3.8) is 0 Å². The van der Waals surface area contributed by atoms with Crippen LogP contribution in [0.1, 0.15) is 22.7 Å². The molecule has 0 saturated heterocycles. The van der Waals surface area contributed by atoms with E-state index in [-0.39, 0.29) is 6.04 Å². The Kier molecular flexibility index (Phi) is 3.47. The van der Waals surface area contributed by atoms with Crippen molar-refractivity contribution in [3.05, 3.63) is 59.4 Å². The quantitative estimate of drug-likeness (QED) is 0.910. The fourth-order valence-corrected chi connectivity index (χ4v) is 2.64. The number of pyridine rings is 1. The molecule has 3 heteroatoms. The second-order valence-electron chi connectivity index (χ2n) is 4.84. The van der Waals surface area contributed by atoms with Crippen LogP contribution in [0.2, 0.25) is 0 Å². The van der Waals surface area contributed by atoms with Crippen molar-refractivity contribution in [2.75, 3.05) is 13.7 Å². The lowest BCUT2D eigenvalue weighted by molar-refractivity contribution is 0.349. The third-order valence-corrected chi connectivity index (χ3v) is 3.63. The maximum Gasteiger partial charge on any atom is 0.127 e. The Bertz CT molecular complexity index is 554. The molecule has 0 spiro atoms. The summed E-state index contributed by atoms with van der Waals surface area (Å²) in [4.78, 5) is 4.18. The van der Waals surface area contributed by atoms with Crippen LogP contribution < -0.4 is 10.1 Å². The maximum atomic E-state index is 5.79. The van der Waals surface area contributed by atoms with Gasteiger partial charge in [-0.25, -0.2) is 0 Å². The Morgan fingerprint density at radius 2 is 2.26 bits per heavy atom. The first-order valence-corrected chi connectivity index (χ1v) is 6.69. The Hall–Kier alpha value is -1.87. The molecule has 0 aliphatic carbocycles. The number of rotatable bonds is 4. The van der Waals surface area contributed by atoms with E-state index in [0.717, 1.165) is 25.2 Å². The molecule has 1 aliphatic heterocycles. The molecule has 3 nitrogen and oxygen atoms in total. The average Bonchev–Trinajstić information content (AvgIpc) is 2.94. The van der Waals surface area contributed by atoms with Crippen molar-refractivity contribution in [2.45, 2.75) is 18.9 Å². The predicted octanol–water partition coefficient (Wildman–Crippen LogP) is 2.52. The van der Waals surface area contributed by atoms with Crippen LogP contribution in [-0.2, 0) is 12.8 Å². The van der Waals surface area contributed by atoms with Gasteiger partial charge >= 0.3 is 0 Å². The minimum atomic E-state index is 0.261. The molecule has 1 aliphatic rings. The number of fused-ring (bicyclic) bond motifs is 1. The molecule has 2 heterocycles. The number of hydrogen-bond donors (Lipinski definition) is 1. The molecule has 1 unspecified atom stereocenters. The zero-order valence-corrected chi connectivity index (χ0v) is 11.1. The van der Waals surface area contributed by atoms with Crippen molar-refractivity contribution in [2.24, 2.45) is 0 Å². The molecule has 1 N–H and O–H groups in total. The van der Waals surface area contributed by atoms with Gasteiger partial charge in [-0.3, -0.25) is 4.98 Å². The number of nitrogens with zero attached hydrogens (tertiary/aromatic N) is 1. The van der Waals surface area contributed by atoms with Crippen LogP contribution in [0.4, 0.5) is 0 Å². The van der Waals surface area contributed by atoms with Gasteiger partial charge in [0.25, 0.3) is 0 Å². The SMILES string of the molecule is CNC(Cc1cccnc1)c1cccc2c1OCC2. The van der Waals surface area contributed by atoms with E-state index >= 15 is 0 Å². The Balaban J connectivity index is 1.89. The van der Waals surface area contributed by atoms with Crippen molar-refractivity contribution in [1.82, 2.24) is 10.3 Å². The van der Waals surface area contributed by atoms with E-state index in [4.69, 9.17) is 4.74 Å². The molecule has 1 aromatic carbocycles. The van der Waals surface area contributed by atoms with Crippen LogP contribution >= 0.6 is 0 Å². The number of nitrogens with one attached hydrogen (secondary N) is 1. The van der Waals surface area contributed by atoms with Gasteiger partial charge < -0.3 is 10.1 Å². The van der Waals surface area contributed by atoms with E-state index < -0.39 is 0 Å². The van der Waals surface area contributed by atoms with E-state index in [0.29, 0.717) is 0 Å². The van der Waals surface area contributed by atoms with Crippen LogP contribution in [-0.4, -0.2) is 18.6 Å². The molecule has 2 aromatic rings. The van der Waals surface area contributed by atoms with Gasteiger partial charge in [0.1, 0.15) is 5.75 Å². The van der Waals surface area contributed by atoms with E-state index in [1.807, 2.05) is 19.3 Å². The van der Waals surface area contributed by atoms with Gasteiger partial charge in [-0.05, 0) is 30.7 Å². The lowest BCUT2D eigenvalue weighted by atomic mass is 9.97. The first kappa shape index (κ1) is 12.2. The first-order chi connectivity index (χ1) is 9.38. The van der Waals surface area contributed by atoms with Crippen molar-refractivity contribution in [1.29, 1.82) is 0 Å². The molecule has 1 aromatic heterocycles. The summed E-state index contributed by atoms with van der Waals surface area (Å²) in [5.74, 6) is 1.07. The molecule has 19 heavy (non-hydrogen) atoms. The fraction of sp³-hybridized carbons (Fsp3) is 0.312. The van der Waals surface area contributed by atoms with Crippen LogP contribution in [0.25, 0.3) is 0 Å². The summed E-state index contributed by atoms with van der Waals surface area (Å²) in [6, 6.07) is 10.8. The molecule has 0 fully saturated rings. The van der Waals surface area contributed by atoms with Crippen molar-refractivity contribution >= 4 is 0 Å². The number of hydrogen-bond acceptors (Lipinski definition) is 3. The summed E-state index contributed by atoms with van der Waals surface area (Å²) in [7, 11) is 2.00. The molecule has 3 rings (SSSR count). The third kappa shape index (κ3) is 2.47. The van der Waals surface area contributed by atoms with Crippen LogP contribution in [0, 0.1) is 0 Å². The summed E-state index contributed by atoms with van der Waals surface area (Å²) in [5.41, 5.74) is 3.81. The summed E-state index contributed by atoms with van der Waals surface area (Å²) >= 11 is 0. The third-order valence-electron chi connectivity index (χ3n) is 3.63. The first-order valence-electron chi connectivity index (χ1n) is 6.69. The van der Waals surface area contributed by atoms with Crippen molar-refractivity contribution < 1.29 is 4.74 Å². The number of benzene rings is 1. The van der Waals surface area contributed by atoms with Gasteiger partial charge in [-0.15, -0.1) is 0 Å². The van der Waals surface area contributed by atoms with Crippen molar-refractivity contribution in [3.8, 4) is 5.75 Å². The highest BCUT2D eigenvalue weighted by atomic mass is 16.5. The van der Waals surface area contributed by atoms with E-state index in [2.05, 4.69) is 34.6 Å². The van der Waals surface area contributed by atoms with Gasteiger partial charge in [0.05, 0.1) is 6.61 Å². The molecule has 1 atom stereocenters. The standard InChI is InChI=1S/C16H18N2O/c1-17-15(10-12-4-3-8-18-11-12)14-6-2-5-13-7-9-19-16(13)14/h2-6,8,11,15,17H,7,9-10H2,1H3. The van der Waals surface area contributed by atoms with Gasteiger partial charge in [-0.2, -0.15) is 0 Å². The molecule has 0 saturated carbocycles. The number of likely N-dealkylation sites (N-methyl/N-ethyl adjacent to an activating group) is 1. The largest absolute Gasteiger partial charge is 0.493 e. The summed E-state index contributed by atoms with van der Waals surface area (Å²) in [6.07, 6.45) is 5.67. The molecule has 0 radical (unpaired) electrons. The zero-order valence-electron chi connectivity index (χ0n) is 11.1. The molecule has 0 amide bonds. The zero-order chi connectivity index (χ0) is 13.1. The minimum absolute atomic E-state index is 0.261. The Labute approximate surface area is 113 Å². The normalized spacial score (nSPS) is 14.8. The van der Waals surface area contributed by atoms with E-state index in [1.165, 1.54) is 16.7 Å². The lowest BCUT2D eigenvalue weighted by Crippen LogP contribution is -2.19. The van der Waals surface area contributed by atoms with Crippen LogP contribution in [0.5, 0.6) is 5.75 Å². The molecule has 98 valence electrons. The molecular formula is C16H18N2O. The van der Waals surface area contributed by atoms with E-state index in [9.17, 15) is 0 Å². The van der Waals surface area contributed by atoms with Gasteiger partial charge in [0.2, 0.25) is 0 Å². The highest BCUT2D eigenvalue weighted by Gasteiger charge is 2.21. The number of para-hydroxylation sites is 1. The average molecular weight is 254 g/mol. The van der Waals surface area contributed by atoms with Crippen LogP contribution in [0.3, 0.4) is 0 Å². The molecule has 0 bridgehead atoms. The highest BCUT2D eigenvalue weighted by molar-refractivity contribution is 5.46. The smallest absolute Gasteiger partial charge is 0.127 e. The Morgan fingerprint density at radius 1 is 1.32 bits per heavy atom. The predicted molar refractivity (Wildman–Crippen MR) is 75.4 cm³/mol. The highest BCUT2D eigenvalue weighted by Crippen LogP contribution is 2.34. The Morgan fingerprint density at radius 3 is 3.05 bits per heavy atom. The summed E-state index contributed by atoms with van der Waals surface area (Å²) in [6.45, 7) is 0.801. The molecular weight excluding hydrogens is 236 g/mol. The second kappa shape index (κ2) is 5.41. The van der Waals surface area contributed by atoms with Gasteiger partial charge in [-0.1, -0.05) is 24.3 Å². The summed E-state index contributed by atoms with van der Waals surface area (Å²) < 4.78 is 5.79. The fourth-order valence-electron chi connectivity index (χ4n) is 2.64. The minimum Gasteiger partial charge on any atom is -0.493 e. The van der Waals surface area contributed by atoms with E-state index in [1.54, 1.807) is 6.20 Å². The lowest BCUT2D eigenvalue weighted by Gasteiger charge is -2.19. The number of ether oxygens (including phenoxy) is 1. The number of aromatic nitrogens is 1. The van der Waals surface area contributed by atoms with Gasteiger partial charge in [0.15, 0.2) is 0 Å². The topological polar surface area (TPSA) is 34.2 Å². The summed E-state index contributed by atoms with van der Waals surface area (Å²) in [5, 5.41) is 3.39.